The molecule has 1 rings (SSSR count). The third-order valence-electron chi connectivity index (χ3n) is 3.43. The predicted octanol–water partition coefficient (Wildman–Crippen LogP) is 1.93. The lowest BCUT2D eigenvalue weighted by molar-refractivity contribution is -0.120. The van der Waals surface area contributed by atoms with Gasteiger partial charge in [0.25, 0.3) is 0 Å². The van der Waals surface area contributed by atoms with E-state index in [0.717, 1.165) is 18.4 Å². The molecule has 0 heterocycles. The molecule has 2 atom stereocenters. The van der Waals surface area contributed by atoms with E-state index in [1.165, 1.54) is 25.7 Å². The van der Waals surface area contributed by atoms with Crippen LogP contribution in [0.5, 0.6) is 0 Å². The van der Waals surface area contributed by atoms with E-state index in [1.807, 2.05) is 13.8 Å². The number of hydrogen-bond donors (Lipinski definition) is 2. The first-order chi connectivity index (χ1) is 7.59. The Kier molecular flexibility index (Phi) is 5.81. The summed E-state index contributed by atoms with van der Waals surface area (Å²) in [5, 5.41) is 6.17. The van der Waals surface area contributed by atoms with Crippen molar-refractivity contribution >= 4 is 5.91 Å². The standard InChI is InChI=1S/C13H26N2O/c1-10(2)15-13(16)9-14-8-12-7-5-4-6-11(12)3/h10-12,14H,4-9H2,1-3H3,(H,15,16). The highest BCUT2D eigenvalue weighted by atomic mass is 16.1. The molecule has 0 aromatic heterocycles. The van der Waals surface area contributed by atoms with Gasteiger partial charge in [-0.25, -0.2) is 0 Å². The summed E-state index contributed by atoms with van der Waals surface area (Å²) in [6, 6.07) is 0.239. The second kappa shape index (κ2) is 6.89. The molecule has 1 fully saturated rings. The third-order valence-corrected chi connectivity index (χ3v) is 3.43. The largest absolute Gasteiger partial charge is 0.353 e. The SMILES string of the molecule is CC(C)NC(=O)CNCC1CCCCC1C. The highest BCUT2D eigenvalue weighted by Gasteiger charge is 2.20. The molecule has 0 saturated heterocycles. The minimum Gasteiger partial charge on any atom is -0.353 e. The Bertz CT molecular complexity index is 216. The van der Waals surface area contributed by atoms with Gasteiger partial charge in [-0.15, -0.1) is 0 Å². The van der Waals surface area contributed by atoms with E-state index >= 15 is 0 Å². The molecule has 3 heteroatoms. The molecular formula is C13H26N2O. The second-order valence-electron chi connectivity index (χ2n) is 5.37. The molecule has 0 aromatic carbocycles. The Labute approximate surface area is 99.4 Å². The number of carbonyl (C=O) groups excluding carboxylic acids is 1. The fourth-order valence-corrected chi connectivity index (χ4v) is 2.44. The smallest absolute Gasteiger partial charge is 0.234 e. The fraction of sp³-hybridized carbons (Fsp3) is 0.923. The van der Waals surface area contributed by atoms with Crippen LogP contribution in [-0.4, -0.2) is 25.0 Å². The molecule has 0 aromatic rings. The van der Waals surface area contributed by atoms with E-state index in [9.17, 15) is 4.79 Å². The summed E-state index contributed by atoms with van der Waals surface area (Å²) in [5.74, 6) is 1.69. The maximum Gasteiger partial charge on any atom is 0.234 e. The van der Waals surface area contributed by atoms with Crippen LogP contribution < -0.4 is 10.6 Å². The lowest BCUT2D eigenvalue weighted by Gasteiger charge is -2.28. The first kappa shape index (κ1) is 13.5. The summed E-state index contributed by atoms with van der Waals surface area (Å²) in [6.45, 7) is 7.76. The number of amides is 1. The third kappa shape index (κ3) is 4.97. The zero-order chi connectivity index (χ0) is 12.0. The molecule has 0 radical (unpaired) electrons. The zero-order valence-corrected chi connectivity index (χ0v) is 10.9. The lowest BCUT2D eigenvalue weighted by atomic mass is 9.80. The van der Waals surface area contributed by atoms with Gasteiger partial charge in [0, 0.05) is 6.04 Å². The topological polar surface area (TPSA) is 41.1 Å². The molecule has 1 amide bonds. The Morgan fingerprint density at radius 3 is 2.62 bits per heavy atom. The number of nitrogens with one attached hydrogen (secondary N) is 2. The maximum absolute atomic E-state index is 11.4. The van der Waals surface area contributed by atoms with Crippen LogP contribution in [0.15, 0.2) is 0 Å². The summed E-state index contributed by atoms with van der Waals surface area (Å²) in [5.41, 5.74) is 0. The van der Waals surface area contributed by atoms with Crippen molar-refractivity contribution in [3.05, 3.63) is 0 Å². The van der Waals surface area contributed by atoms with Crippen molar-refractivity contribution in [2.24, 2.45) is 11.8 Å². The normalized spacial score (nSPS) is 25.8. The van der Waals surface area contributed by atoms with Crippen molar-refractivity contribution in [2.45, 2.75) is 52.5 Å². The average Bonchev–Trinajstić information content (AvgIpc) is 2.19. The van der Waals surface area contributed by atoms with Crippen molar-refractivity contribution in [3.8, 4) is 0 Å². The first-order valence-corrected chi connectivity index (χ1v) is 6.59. The van der Waals surface area contributed by atoms with E-state index in [4.69, 9.17) is 0 Å². The minimum atomic E-state index is 0.110. The summed E-state index contributed by atoms with van der Waals surface area (Å²) in [4.78, 5) is 11.4. The number of rotatable bonds is 5. The van der Waals surface area contributed by atoms with Crippen molar-refractivity contribution in [3.63, 3.8) is 0 Å². The molecule has 0 aliphatic heterocycles. The van der Waals surface area contributed by atoms with Crippen LogP contribution in [-0.2, 0) is 4.79 Å². The van der Waals surface area contributed by atoms with Gasteiger partial charge in [0.15, 0.2) is 0 Å². The summed E-state index contributed by atoms with van der Waals surface area (Å²) < 4.78 is 0. The van der Waals surface area contributed by atoms with Crippen LogP contribution in [0.1, 0.15) is 46.5 Å². The van der Waals surface area contributed by atoms with Crippen LogP contribution in [0.2, 0.25) is 0 Å². The van der Waals surface area contributed by atoms with Gasteiger partial charge < -0.3 is 10.6 Å². The van der Waals surface area contributed by atoms with E-state index in [-0.39, 0.29) is 11.9 Å². The van der Waals surface area contributed by atoms with Crippen molar-refractivity contribution in [2.75, 3.05) is 13.1 Å². The quantitative estimate of drug-likeness (QED) is 0.752. The number of carbonyl (C=O) groups is 1. The van der Waals surface area contributed by atoms with Gasteiger partial charge in [0.2, 0.25) is 5.91 Å². The molecule has 3 nitrogen and oxygen atoms in total. The Morgan fingerprint density at radius 1 is 1.31 bits per heavy atom. The summed E-state index contributed by atoms with van der Waals surface area (Å²) >= 11 is 0. The van der Waals surface area contributed by atoms with E-state index in [2.05, 4.69) is 17.6 Å². The van der Waals surface area contributed by atoms with Gasteiger partial charge in [-0.1, -0.05) is 26.2 Å². The van der Waals surface area contributed by atoms with Crippen LogP contribution in [0.4, 0.5) is 0 Å². The minimum absolute atomic E-state index is 0.110. The van der Waals surface area contributed by atoms with Gasteiger partial charge >= 0.3 is 0 Å². The van der Waals surface area contributed by atoms with Crippen LogP contribution >= 0.6 is 0 Å². The second-order valence-corrected chi connectivity index (χ2v) is 5.37. The highest BCUT2D eigenvalue weighted by molar-refractivity contribution is 5.78. The van der Waals surface area contributed by atoms with Crippen LogP contribution in [0.25, 0.3) is 0 Å². The predicted molar refractivity (Wildman–Crippen MR) is 67.3 cm³/mol. The van der Waals surface area contributed by atoms with Gasteiger partial charge in [0.05, 0.1) is 6.54 Å². The van der Waals surface area contributed by atoms with Crippen molar-refractivity contribution in [1.82, 2.24) is 10.6 Å². The molecule has 1 aliphatic carbocycles. The fourth-order valence-electron chi connectivity index (χ4n) is 2.44. The van der Waals surface area contributed by atoms with Gasteiger partial charge in [-0.2, -0.15) is 0 Å². The van der Waals surface area contributed by atoms with E-state index in [0.29, 0.717) is 6.54 Å². The maximum atomic E-state index is 11.4. The molecular weight excluding hydrogens is 200 g/mol. The lowest BCUT2D eigenvalue weighted by Crippen LogP contribution is -2.40. The van der Waals surface area contributed by atoms with Gasteiger partial charge in [-0.05, 0) is 38.6 Å². The number of hydrogen-bond acceptors (Lipinski definition) is 2. The molecule has 16 heavy (non-hydrogen) atoms. The molecule has 2 N–H and O–H groups in total. The van der Waals surface area contributed by atoms with E-state index in [1.54, 1.807) is 0 Å². The van der Waals surface area contributed by atoms with Crippen molar-refractivity contribution < 1.29 is 4.79 Å². The first-order valence-electron chi connectivity index (χ1n) is 6.59. The average molecular weight is 226 g/mol. The Balaban J connectivity index is 2.12. The molecule has 1 saturated carbocycles. The zero-order valence-electron chi connectivity index (χ0n) is 10.9. The van der Waals surface area contributed by atoms with Gasteiger partial charge in [0.1, 0.15) is 0 Å². The monoisotopic (exact) mass is 226 g/mol. The molecule has 1 aliphatic rings. The highest BCUT2D eigenvalue weighted by Crippen LogP contribution is 2.28. The summed E-state index contributed by atoms with van der Waals surface area (Å²) in [7, 11) is 0. The summed E-state index contributed by atoms with van der Waals surface area (Å²) in [6.07, 6.45) is 5.41. The Morgan fingerprint density at radius 2 is 2.00 bits per heavy atom. The molecule has 94 valence electrons. The van der Waals surface area contributed by atoms with E-state index < -0.39 is 0 Å². The van der Waals surface area contributed by atoms with Crippen LogP contribution in [0.3, 0.4) is 0 Å². The Hall–Kier alpha value is -0.570. The molecule has 2 unspecified atom stereocenters. The molecule has 0 bridgehead atoms. The molecule has 0 spiro atoms. The van der Waals surface area contributed by atoms with Gasteiger partial charge in [-0.3, -0.25) is 4.79 Å². The van der Waals surface area contributed by atoms with Crippen LogP contribution in [0, 0.1) is 11.8 Å². The van der Waals surface area contributed by atoms with Crippen molar-refractivity contribution in [1.29, 1.82) is 0 Å².